The molecule has 22 heavy (non-hydrogen) atoms. The minimum absolute atomic E-state index is 0.0197. The summed E-state index contributed by atoms with van der Waals surface area (Å²) in [5.41, 5.74) is 1.49. The van der Waals surface area contributed by atoms with Gasteiger partial charge in [0.2, 0.25) is 10.0 Å². The Morgan fingerprint density at radius 3 is 2.64 bits per heavy atom. The monoisotopic (exact) mass is 336 g/mol. The predicted octanol–water partition coefficient (Wildman–Crippen LogP) is 2.37. The summed E-state index contributed by atoms with van der Waals surface area (Å²) in [6, 6.07) is 11.3. The first-order valence-corrected chi connectivity index (χ1v) is 9.36. The molecule has 0 saturated carbocycles. The number of hydrogen-bond donors (Lipinski definition) is 1. The standard InChI is InChI=1S/C15H16N2O3S2/c16-22(19,20)14-9-12(10-21-14)15(18)17-8-4-7-13(17)11-5-2-1-3-6-11/h1-3,5-6,9-10,13H,4,7-8H2,(H2,16,19,20). The highest BCUT2D eigenvalue weighted by atomic mass is 32.2. The van der Waals surface area contributed by atoms with Gasteiger partial charge in [-0.25, -0.2) is 13.6 Å². The fraction of sp³-hybridized carbons (Fsp3) is 0.267. The summed E-state index contributed by atoms with van der Waals surface area (Å²) in [6.07, 6.45) is 1.86. The van der Waals surface area contributed by atoms with Crippen molar-refractivity contribution in [2.75, 3.05) is 6.54 Å². The topological polar surface area (TPSA) is 80.5 Å². The quantitative estimate of drug-likeness (QED) is 0.934. The molecule has 2 heterocycles. The average molecular weight is 336 g/mol. The molecule has 2 aromatic rings. The predicted molar refractivity (Wildman–Crippen MR) is 85.1 cm³/mol. The van der Waals surface area contributed by atoms with Gasteiger partial charge in [-0.1, -0.05) is 30.3 Å². The number of carbonyl (C=O) groups excluding carboxylic acids is 1. The molecule has 1 fully saturated rings. The number of nitrogens with zero attached hydrogens (tertiary/aromatic N) is 1. The molecule has 0 bridgehead atoms. The molecule has 7 heteroatoms. The maximum absolute atomic E-state index is 12.7. The van der Waals surface area contributed by atoms with Crippen LogP contribution in [0.5, 0.6) is 0 Å². The molecule has 5 nitrogen and oxygen atoms in total. The summed E-state index contributed by atoms with van der Waals surface area (Å²) in [6.45, 7) is 0.680. The highest BCUT2D eigenvalue weighted by Gasteiger charge is 2.31. The summed E-state index contributed by atoms with van der Waals surface area (Å²) < 4.78 is 22.7. The van der Waals surface area contributed by atoms with Gasteiger partial charge >= 0.3 is 0 Å². The van der Waals surface area contributed by atoms with E-state index in [0.29, 0.717) is 12.1 Å². The summed E-state index contributed by atoms with van der Waals surface area (Å²) in [5.74, 6) is -0.141. The summed E-state index contributed by atoms with van der Waals surface area (Å²) in [7, 11) is -3.76. The Hall–Kier alpha value is -1.70. The van der Waals surface area contributed by atoms with Gasteiger partial charge in [-0.15, -0.1) is 11.3 Å². The molecule has 0 radical (unpaired) electrons. The Balaban J connectivity index is 1.87. The highest BCUT2D eigenvalue weighted by Crippen LogP contribution is 2.33. The normalized spacial score (nSPS) is 18.6. The molecule has 2 N–H and O–H groups in total. The molecule has 1 aromatic heterocycles. The van der Waals surface area contributed by atoms with Crippen molar-refractivity contribution in [2.45, 2.75) is 23.1 Å². The minimum Gasteiger partial charge on any atom is -0.332 e. The van der Waals surface area contributed by atoms with Crippen molar-refractivity contribution < 1.29 is 13.2 Å². The molecule has 0 aliphatic carbocycles. The molecule has 1 aromatic carbocycles. The van der Waals surface area contributed by atoms with Crippen LogP contribution < -0.4 is 5.14 Å². The van der Waals surface area contributed by atoms with Gasteiger partial charge in [0, 0.05) is 11.9 Å². The first-order chi connectivity index (χ1) is 10.5. The number of benzene rings is 1. The number of thiophene rings is 1. The van der Waals surface area contributed by atoms with Crippen LogP contribution >= 0.6 is 11.3 Å². The largest absolute Gasteiger partial charge is 0.332 e. The van der Waals surface area contributed by atoms with E-state index < -0.39 is 10.0 Å². The lowest BCUT2D eigenvalue weighted by molar-refractivity contribution is 0.0736. The molecule has 1 aliphatic rings. The van der Waals surface area contributed by atoms with E-state index in [1.165, 1.54) is 6.07 Å². The van der Waals surface area contributed by atoms with Crippen LogP contribution in [0.1, 0.15) is 34.8 Å². The van der Waals surface area contributed by atoms with Crippen molar-refractivity contribution >= 4 is 27.3 Å². The van der Waals surface area contributed by atoms with E-state index in [0.717, 1.165) is 29.7 Å². The maximum atomic E-state index is 12.7. The fourth-order valence-electron chi connectivity index (χ4n) is 2.78. The van der Waals surface area contributed by atoms with E-state index >= 15 is 0 Å². The minimum atomic E-state index is -3.76. The van der Waals surface area contributed by atoms with Crippen LogP contribution in [0.25, 0.3) is 0 Å². The Morgan fingerprint density at radius 2 is 2.00 bits per heavy atom. The van der Waals surface area contributed by atoms with Gasteiger partial charge in [0.1, 0.15) is 4.21 Å². The Bertz CT molecular complexity index is 784. The third-order valence-corrected chi connectivity index (χ3v) is 6.19. The van der Waals surface area contributed by atoms with E-state index in [1.807, 2.05) is 35.2 Å². The van der Waals surface area contributed by atoms with Gasteiger partial charge < -0.3 is 4.90 Å². The zero-order valence-electron chi connectivity index (χ0n) is 11.8. The molecule has 1 amide bonds. The molecular weight excluding hydrogens is 320 g/mol. The Labute approximate surface area is 133 Å². The first kappa shape index (κ1) is 15.2. The number of hydrogen-bond acceptors (Lipinski definition) is 4. The van der Waals surface area contributed by atoms with Crippen LogP contribution in [-0.2, 0) is 10.0 Å². The van der Waals surface area contributed by atoms with Crippen molar-refractivity contribution in [3.63, 3.8) is 0 Å². The van der Waals surface area contributed by atoms with Crippen LogP contribution in [0.2, 0.25) is 0 Å². The van der Waals surface area contributed by atoms with E-state index in [4.69, 9.17) is 5.14 Å². The van der Waals surface area contributed by atoms with E-state index in [-0.39, 0.29) is 16.2 Å². The van der Waals surface area contributed by atoms with Crippen LogP contribution in [-0.4, -0.2) is 25.8 Å². The number of rotatable bonds is 3. The molecule has 1 aliphatic heterocycles. The molecule has 1 unspecified atom stereocenters. The number of amides is 1. The lowest BCUT2D eigenvalue weighted by atomic mass is 10.0. The number of likely N-dealkylation sites (tertiary alicyclic amines) is 1. The van der Waals surface area contributed by atoms with Crippen molar-refractivity contribution in [1.82, 2.24) is 4.90 Å². The number of primary sulfonamides is 1. The van der Waals surface area contributed by atoms with Crippen LogP contribution in [0, 0.1) is 0 Å². The average Bonchev–Trinajstić information content (AvgIpc) is 3.16. The highest BCUT2D eigenvalue weighted by molar-refractivity contribution is 7.91. The second-order valence-corrected chi connectivity index (χ2v) is 7.97. The van der Waals surface area contributed by atoms with E-state index in [9.17, 15) is 13.2 Å². The van der Waals surface area contributed by atoms with Crippen molar-refractivity contribution in [3.8, 4) is 0 Å². The molecule has 0 spiro atoms. The SMILES string of the molecule is NS(=O)(=O)c1cc(C(=O)N2CCCC2c2ccccc2)cs1. The second-order valence-electron chi connectivity index (χ2n) is 5.27. The van der Waals surface area contributed by atoms with Gasteiger partial charge in [-0.05, 0) is 24.5 Å². The Morgan fingerprint density at radius 1 is 1.27 bits per heavy atom. The van der Waals surface area contributed by atoms with Crippen molar-refractivity contribution in [2.24, 2.45) is 5.14 Å². The lowest BCUT2D eigenvalue weighted by Crippen LogP contribution is -2.30. The van der Waals surface area contributed by atoms with Crippen LogP contribution in [0.3, 0.4) is 0 Å². The van der Waals surface area contributed by atoms with Gasteiger partial charge in [0.25, 0.3) is 5.91 Å². The summed E-state index contributed by atoms with van der Waals surface area (Å²) in [4.78, 5) is 14.5. The fourth-order valence-corrected chi connectivity index (χ4v) is 4.35. The Kier molecular flexibility index (Phi) is 4.03. The van der Waals surface area contributed by atoms with E-state index in [1.54, 1.807) is 5.38 Å². The molecule has 3 rings (SSSR count). The molecule has 1 saturated heterocycles. The van der Waals surface area contributed by atoms with Gasteiger partial charge in [-0.3, -0.25) is 4.79 Å². The third kappa shape index (κ3) is 2.92. The van der Waals surface area contributed by atoms with Gasteiger partial charge in [0.15, 0.2) is 0 Å². The van der Waals surface area contributed by atoms with Gasteiger partial charge in [-0.2, -0.15) is 0 Å². The lowest BCUT2D eigenvalue weighted by Gasteiger charge is -2.24. The first-order valence-electron chi connectivity index (χ1n) is 6.94. The second kappa shape index (κ2) is 5.83. The number of carbonyl (C=O) groups is 1. The zero-order valence-corrected chi connectivity index (χ0v) is 13.4. The molecule has 1 atom stereocenters. The smallest absolute Gasteiger partial charge is 0.255 e. The summed E-state index contributed by atoms with van der Waals surface area (Å²) >= 11 is 0.980. The van der Waals surface area contributed by atoms with Gasteiger partial charge in [0.05, 0.1) is 11.6 Å². The molecular formula is C15H16N2O3S2. The summed E-state index contributed by atoms with van der Waals surface area (Å²) in [5, 5.41) is 6.66. The zero-order chi connectivity index (χ0) is 15.7. The number of sulfonamides is 1. The molecule has 116 valence electrons. The number of nitrogens with two attached hydrogens (primary N) is 1. The van der Waals surface area contributed by atoms with Crippen LogP contribution in [0.15, 0.2) is 46.0 Å². The maximum Gasteiger partial charge on any atom is 0.255 e. The van der Waals surface area contributed by atoms with Crippen molar-refractivity contribution in [1.29, 1.82) is 0 Å². The van der Waals surface area contributed by atoms with Crippen molar-refractivity contribution in [3.05, 3.63) is 52.9 Å². The van der Waals surface area contributed by atoms with Crippen LogP contribution in [0.4, 0.5) is 0 Å². The third-order valence-electron chi connectivity index (χ3n) is 3.80. The van der Waals surface area contributed by atoms with E-state index in [2.05, 4.69) is 0 Å².